The molecule has 1 N–H and O–H groups in total. The molecule has 2 heterocycles. The number of carbonyl (C=O) groups is 2. The molecule has 24 heavy (non-hydrogen) atoms. The lowest BCUT2D eigenvalue weighted by molar-refractivity contribution is -0.136. The first-order valence-corrected chi connectivity index (χ1v) is 8.11. The maximum absolute atomic E-state index is 12.0. The van der Waals surface area contributed by atoms with Crippen LogP contribution in [0.2, 0.25) is 0 Å². The summed E-state index contributed by atoms with van der Waals surface area (Å²) in [7, 11) is -0.467. The minimum atomic E-state index is -1.02. The maximum Gasteiger partial charge on any atom is 0.494 e. The summed E-state index contributed by atoms with van der Waals surface area (Å²) in [5, 5.41) is 9.02. The normalized spacial score (nSPS) is 21.8. The van der Waals surface area contributed by atoms with Gasteiger partial charge >= 0.3 is 13.1 Å². The summed E-state index contributed by atoms with van der Waals surface area (Å²) >= 11 is 0. The van der Waals surface area contributed by atoms with Gasteiger partial charge in [-0.15, -0.1) is 0 Å². The van der Waals surface area contributed by atoms with Gasteiger partial charge in [0.2, 0.25) is 5.91 Å². The van der Waals surface area contributed by atoms with Crippen molar-refractivity contribution in [1.29, 1.82) is 0 Å². The van der Waals surface area contributed by atoms with Crippen LogP contribution in [0.5, 0.6) is 0 Å². The van der Waals surface area contributed by atoms with Crippen LogP contribution >= 0.6 is 0 Å². The second-order valence-electron chi connectivity index (χ2n) is 7.35. The summed E-state index contributed by atoms with van der Waals surface area (Å²) in [5.41, 5.74) is 1.66. The Kier molecular flexibility index (Phi) is 3.96. The second kappa shape index (κ2) is 5.60. The van der Waals surface area contributed by atoms with E-state index < -0.39 is 24.3 Å². The van der Waals surface area contributed by atoms with Crippen LogP contribution in [0.1, 0.15) is 39.7 Å². The number of aryl methyl sites for hydroxylation is 1. The van der Waals surface area contributed by atoms with Crippen molar-refractivity contribution < 1.29 is 24.0 Å². The number of fused-ring (bicyclic) bond motifs is 1. The van der Waals surface area contributed by atoms with Crippen molar-refractivity contribution in [3.8, 4) is 0 Å². The smallest absolute Gasteiger partial charge is 0.480 e. The summed E-state index contributed by atoms with van der Waals surface area (Å²) < 4.78 is 12.1. The first-order valence-electron chi connectivity index (χ1n) is 8.11. The minimum absolute atomic E-state index is 0.159. The predicted molar refractivity (Wildman–Crippen MR) is 90.5 cm³/mol. The van der Waals surface area contributed by atoms with Gasteiger partial charge in [0.25, 0.3) is 0 Å². The highest BCUT2D eigenvalue weighted by molar-refractivity contribution is 6.62. The number of carboxylic acid groups (broad SMARTS) is 1. The van der Waals surface area contributed by atoms with Crippen LogP contribution in [0.3, 0.4) is 0 Å². The molecule has 0 unspecified atom stereocenters. The quantitative estimate of drug-likeness (QED) is 0.846. The van der Waals surface area contributed by atoms with E-state index >= 15 is 0 Å². The molecule has 1 fully saturated rings. The summed E-state index contributed by atoms with van der Waals surface area (Å²) in [6.07, 6.45) is 0.907. The molecule has 0 bridgehead atoms. The van der Waals surface area contributed by atoms with Gasteiger partial charge in [-0.1, -0.05) is 12.1 Å². The topological polar surface area (TPSA) is 76.1 Å². The zero-order valence-corrected chi connectivity index (χ0v) is 14.5. The Morgan fingerprint density at radius 1 is 1.21 bits per heavy atom. The Morgan fingerprint density at radius 3 is 2.42 bits per heavy atom. The molecule has 2 aliphatic heterocycles. The van der Waals surface area contributed by atoms with Gasteiger partial charge < -0.3 is 19.3 Å². The molecular formula is C17H22BNO5. The van der Waals surface area contributed by atoms with E-state index in [1.807, 2.05) is 39.8 Å². The number of carbonyl (C=O) groups excluding carboxylic acids is 1. The van der Waals surface area contributed by atoms with Gasteiger partial charge in [-0.05, 0) is 51.2 Å². The van der Waals surface area contributed by atoms with E-state index in [1.54, 1.807) is 6.07 Å². The number of amides is 1. The second-order valence-corrected chi connectivity index (χ2v) is 7.35. The van der Waals surface area contributed by atoms with Gasteiger partial charge in [0.15, 0.2) is 0 Å². The van der Waals surface area contributed by atoms with Crippen LogP contribution in [-0.4, -0.2) is 41.8 Å². The molecule has 1 aromatic rings. The summed E-state index contributed by atoms with van der Waals surface area (Å²) in [6.45, 7) is 7.68. The molecule has 0 radical (unpaired) electrons. The van der Waals surface area contributed by atoms with Crippen LogP contribution in [0.25, 0.3) is 0 Å². The third-order valence-electron chi connectivity index (χ3n) is 5.12. The van der Waals surface area contributed by atoms with Crippen molar-refractivity contribution in [3.05, 3.63) is 23.8 Å². The van der Waals surface area contributed by atoms with Gasteiger partial charge in [0.1, 0.15) is 6.54 Å². The number of hydrogen-bond acceptors (Lipinski definition) is 4. The largest absolute Gasteiger partial charge is 0.494 e. The molecular weight excluding hydrogens is 309 g/mol. The summed E-state index contributed by atoms with van der Waals surface area (Å²) in [4.78, 5) is 24.4. The SMILES string of the molecule is CC1(C)OB(c2ccc3c(c2)CCC(=O)N3CC(=O)O)OC1(C)C. The van der Waals surface area contributed by atoms with Crippen molar-refractivity contribution in [1.82, 2.24) is 0 Å². The highest BCUT2D eigenvalue weighted by Crippen LogP contribution is 2.37. The van der Waals surface area contributed by atoms with Gasteiger partial charge in [-0.3, -0.25) is 9.59 Å². The van der Waals surface area contributed by atoms with Crippen LogP contribution in [0, 0.1) is 0 Å². The van der Waals surface area contributed by atoms with E-state index in [9.17, 15) is 9.59 Å². The molecule has 2 aliphatic rings. The van der Waals surface area contributed by atoms with Gasteiger partial charge in [0, 0.05) is 12.1 Å². The fourth-order valence-electron chi connectivity index (χ4n) is 3.01. The molecule has 1 saturated heterocycles. The molecule has 1 amide bonds. The number of aliphatic carboxylic acids is 1. The minimum Gasteiger partial charge on any atom is -0.480 e. The zero-order chi connectivity index (χ0) is 17.7. The molecule has 0 aromatic heterocycles. The first kappa shape index (κ1) is 17.0. The molecule has 0 saturated carbocycles. The maximum atomic E-state index is 12.0. The Balaban J connectivity index is 1.90. The monoisotopic (exact) mass is 331 g/mol. The van der Waals surface area contributed by atoms with Crippen molar-refractivity contribution in [2.45, 2.75) is 51.7 Å². The number of anilines is 1. The molecule has 7 heteroatoms. The van der Waals surface area contributed by atoms with Crippen LogP contribution in [0.15, 0.2) is 18.2 Å². The van der Waals surface area contributed by atoms with E-state index in [1.165, 1.54) is 4.90 Å². The Bertz CT molecular complexity index is 684. The number of rotatable bonds is 3. The zero-order valence-electron chi connectivity index (χ0n) is 14.5. The molecule has 128 valence electrons. The third kappa shape index (κ3) is 2.82. The molecule has 0 spiro atoms. The van der Waals surface area contributed by atoms with Gasteiger partial charge in [-0.25, -0.2) is 0 Å². The highest BCUT2D eigenvalue weighted by Gasteiger charge is 2.51. The predicted octanol–water partition coefficient (Wildman–Crippen LogP) is 1.35. The molecule has 6 nitrogen and oxygen atoms in total. The Morgan fingerprint density at radius 2 is 1.83 bits per heavy atom. The summed E-state index contributed by atoms with van der Waals surface area (Å²) in [5.74, 6) is -1.18. The van der Waals surface area contributed by atoms with Crippen LogP contribution < -0.4 is 10.4 Å². The van der Waals surface area contributed by atoms with E-state index in [-0.39, 0.29) is 12.5 Å². The lowest BCUT2D eigenvalue weighted by Crippen LogP contribution is -2.41. The third-order valence-corrected chi connectivity index (χ3v) is 5.12. The number of carboxylic acids is 1. The van der Waals surface area contributed by atoms with Crippen LogP contribution in [-0.2, 0) is 25.3 Å². The van der Waals surface area contributed by atoms with Gasteiger partial charge in [0.05, 0.1) is 11.2 Å². The molecule has 0 atom stereocenters. The fourth-order valence-corrected chi connectivity index (χ4v) is 3.01. The number of nitrogens with zero attached hydrogens (tertiary/aromatic N) is 1. The Labute approximate surface area is 141 Å². The number of hydrogen-bond donors (Lipinski definition) is 1. The van der Waals surface area contributed by atoms with Crippen molar-refractivity contribution in [3.63, 3.8) is 0 Å². The molecule has 3 rings (SSSR count). The lowest BCUT2D eigenvalue weighted by atomic mass is 9.77. The van der Waals surface area contributed by atoms with E-state index in [0.29, 0.717) is 18.5 Å². The molecule has 1 aromatic carbocycles. The fraction of sp³-hybridized carbons (Fsp3) is 0.529. The van der Waals surface area contributed by atoms with E-state index in [0.717, 1.165) is 11.0 Å². The van der Waals surface area contributed by atoms with Crippen molar-refractivity contribution >= 4 is 30.1 Å². The molecule has 0 aliphatic carbocycles. The van der Waals surface area contributed by atoms with E-state index in [2.05, 4.69) is 0 Å². The van der Waals surface area contributed by atoms with Crippen molar-refractivity contribution in [2.24, 2.45) is 0 Å². The first-order chi connectivity index (χ1) is 11.1. The lowest BCUT2D eigenvalue weighted by Gasteiger charge is -2.32. The number of benzene rings is 1. The van der Waals surface area contributed by atoms with Gasteiger partial charge in [-0.2, -0.15) is 0 Å². The van der Waals surface area contributed by atoms with E-state index in [4.69, 9.17) is 14.4 Å². The van der Waals surface area contributed by atoms with Crippen molar-refractivity contribution in [2.75, 3.05) is 11.4 Å². The highest BCUT2D eigenvalue weighted by atomic mass is 16.7. The Hall–Kier alpha value is -1.86. The average Bonchev–Trinajstić information content (AvgIpc) is 2.70. The average molecular weight is 331 g/mol. The summed E-state index contributed by atoms with van der Waals surface area (Å²) in [6, 6.07) is 5.59. The van der Waals surface area contributed by atoms with Crippen LogP contribution in [0.4, 0.5) is 5.69 Å². The standard InChI is InChI=1S/C17H22BNO5/c1-16(2)17(3,4)24-18(23-16)12-6-7-13-11(9-12)5-8-14(20)19(13)10-15(21)22/h6-7,9H,5,8,10H2,1-4H3,(H,21,22).